The van der Waals surface area contributed by atoms with Gasteiger partial charge in [0, 0.05) is 109 Å². The highest BCUT2D eigenvalue weighted by Gasteiger charge is 2.46. The van der Waals surface area contributed by atoms with Crippen LogP contribution in [0.2, 0.25) is 5.02 Å². The van der Waals surface area contributed by atoms with E-state index in [0.29, 0.717) is 62.8 Å². The number of nitrogens with one attached hydrogen (secondary N) is 4. The number of nitrogens with zero attached hydrogens (tertiary/aromatic N) is 5. The summed E-state index contributed by atoms with van der Waals surface area (Å²) in [6, 6.07) is 21.6. The van der Waals surface area contributed by atoms with Crippen molar-refractivity contribution in [3.05, 3.63) is 312 Å². The fourth-order valence-corrected chi connectivity index (χ4v) is 13.4. The van der Waals surface area contributed by atoms with Crippen molar-refractivity contribution in [1.82, 2.24) is 19.6 Å². The van der Waals surface area contributed by atoms with Gasteiger partial charge in [-0.05, 0) is 195 Å². The average molecular weight is 1810 g/mol. The molecule has 4 aliphatic rings. The third-order valence-electron chi connectivity index (χ3n) is 20.0. The van der Waals surface area contributed by atoms with Gasteiger partial charge in [0.15, 0.2) is 17.5 Å². The van der Waals surface area contributed by atoms with E-state index in [1.807, 2.05) is 5.32 Å². The number of hydrogen-bond donors (Lipinski definition) is 8. The molecule has 8 N–H and O–H groups in total. The lowest BCUT2D eigenvalue weighted by molar-refractivity contribution is -0.00905. The van der Waals surface area contributed by atoms with Gasteiger partial charge in [-0.25, -0.2) is 48.7 Å². The van der Waals surface area contributed by atoms with Gasteiger partial charge in [-0.2, -0.15) is 35.1 Å². The van der Waals surface area contributed by atoms with Gasteiger partial charge in [-0.1, -0.05) is 37.9 Å². The van der Waals surface area contributed by atoms with Gasteiger partial charge in [0.1, 0.15) is 40.7 Å². The first-order valence-corrected chi connectivity index (χ1v) is 38.2. The number of aliphatic hydroxyl groups excluding tert-OH is 4. The maximum Gasteiger partial charge on any atom is 0.314 e. The molecule has 8 aromatic rings. The molecule has 0 bridgehead atoms. The van der Waals surface area contributed by atoms with Crippen molar-refractivity contribution >= 4 is 79.6 Å². The molecule has 4 amide bonds. The van der Waals surface area contributed by atoms with Gasteiger partial charge in [-0.15, -0.1) is 0 Å². The summed E-state index contributed by atoms with van der Waals surface area (Å²) in [6.07, 6.45) is 0.0359. The van der Waals surface area contributed by atoms with E-state index >= 15 is 26.3 Å². The van der Waals surface area contributed by atoms with Crippen LogP contribution >= 0.6 is 27.5 Å². The number of carbonyl (C=O) groups is 4. The maximum absolute atomic E-state index is 15.1. The van der Waals surface area contributed by atoms with Crippen LogP contribution in [0.25, 0.3) is 4.85 Å². The van der Waals surface area contributed by atoms with Gasteiger partial charge in [0.25, 0.3) is 23.6 Å². The minimum Gasteiger partial charge on any atom is -0.393 e. The summed E-state index contributed by atoms with van der Waals surface area (Å²) in [5.41, 5.74) is -7.88. The van der Waals surface area contributed by atoms with Crippen LogP contribution in [0.1, 0.15) is 115 Å². The van der Waals surface area contributed by atoms with Gasteiger partial charge in [0.2, 0.25) is 5.69 Å². The molecule has 12 rings (SSSR count). The molecular formula is C85H75BrClF18N9O8. The van der Waals surface area contributed by atoms with Crippen molar-refractivity contribution in [2.45, 2.75) is 99.5 Å². The third kappa shape index (κ3) is 23.1. The van der Waals surface area contributed by atoms with Crippen molar-refractivity contribution in [3.8, 4) is 0 Å². The van der Waals surface area contributed by atoms with Crippen molar-refractivity contribution in [1.29, 1.82) is 0 Å². The standard InChI is InChI=1S/C22H19F4N3O2.C21H19BrF4N2O2.C21H19ClF4N2O2.C21H18F6N2O2/c1-13(29-9-7-16(30)8-10-29)22(25,26)17-11-14(3-5-18(17)23)21(31)28-15-4-6-19(24)20(12-15)27-2;2*1-12(28-8-6-15(29)7-9-28)21(25,26)16-10-13(2-4-18(16)23)20(30)27-14-3-5-19(24)17(22)11-14;1-11(29-6-4-14(30)5-7-29)21(26,27)15-8-12(2-3-16(15)22)20(31)28-13-9-17(23)19(25)18(24)10-13/h3-6,11-12,16,30H,1,7-10H2,(H,28,31);2*2-5,10-11,15,29H,1,6-9H2,(H,27,30);2-3,8-10,14,30H,1,4-7H2,(H,28,31). The van der Waals surface area contributed by atoms with Crippen LogP contribution < -0.4 is 21.3 Å². The molecule has 4 saturated heterocycles. The molecule has 4 aliphatic heterocycles. The number of allylic oxidation sites excluding steroid dienone is 4. The zero-order chi connectivity index (χ0) is 89.8. The molecule has 122 heavy (non-hydrogen) atoms. The molecule has 0 spiro atoms. The highest BCUT2D eigenvalue weighted by atomic mass is 79.9. The third-order valence-corrected chi connectivity index (χ3v) is 20.9. The van der Waals surface area contributed by atoms with Crippen LogP contribution in [0.15, 0.2) is 193 Å². The fourth-order valence-electron chi connectivity index (χ4n) is 12.9. The van der Waals surface area contributed by atoms with E-state index in [1.54, 1.807) is 0 Å². The quantitative estimate of drug-likeness (QED) is 0.0203. The number of aliphatic hydroxyl groups is 4. The Labute approximate surface area is 699 Å². The second kappa shape index (κ2) is 40.1. The first-order chi connectivity index (χ1) is 57.3. The molecule has 4 heterocycles. The molecule has 0 aliphatic carbocycles. The molecule has 4 fully saturated rings. The zero-order valence-electron chi connectivity index (χ0n) is 63.9. The van der Waals surface area contributed by atoms with E-state index < -0.39 is 186 Å². The predicted octanol–water partition coefficient (Wildman–Crippen LogP) is 19.4. The van der Waals surface area contributed by atoms with E-state index in [4.69, 9.17) is 18.2 Å². The molecule has 648 valence electrons. The number of likely N-dealkylation sites (tertiary alicyclic amines) is 4. The minimum atomic E-state index is -3.86. The highest BCUT2D eigenvalue weighted by molar-refractivity contribution is 9.10. The molecule has 8 aromatic carbocycles. The van der Waals surface area contributed by atoms with Crippen molar-refractivity contribution in [3.63, 3.8) is 0 Å². The molecule has 0 atom stereocenters. The number of anilines is 4. The molecule has 17 nitrogen and oxygen atoms in total. The van der Waals surface area contributed by atoms with Gasteiger partial charge in [0.05, 0.1) is 85.5 Å². The van der Waals surface area contributed by atoms with Crippen LogP contribution in [0.4, 0.5) is 107 Å². The number of hydrogen-bond acceptors (Lipinski definition) is 12. The normalized spacial score (nSPS) is 15.1. The number of amides is 4. The van der Waals surface area contributed by atoms with E-state index in [2.05, 4.69) is 63.0 Å². The number of carbonyl (C=O) groups excluding carboxylic acids is 4. The van der Waals surface area contributed by atoms with Gasteiger partial charge in [-0.3, -0.25) is 19.2 Å². The van der Waals surface area contributed by atoms with Gasteiger partial charge < -0.3 is 61.3 Å². The summed E-state index contributed by atoms with van der Waals surface area (Å²) in [5.74, 6) is -30.2. The van der Waals surface area contributed by atoms with E-state index in [0.717, 1.165) is 84.9 Å². The summed E-state index contributed by atoms with van der Waals surface area (Å²) in [6.45, 7) is 21.8. The van der Waals surface area contributed by atoms with Crippen LogP contribution in [-0.4, -0.2) is 140 Å². The predicted molar refractivity (Wildman–Crippen MR) is 421 cm³/mol. The summed E-state index contributed by atoms with van der Waals surface area (Å²) < 4.78 is 257. The summed E-state index contributed by atoms with van der Waals surface area (Å²) in [4.78, 5) is 57.9. The van der Waals surface area contributed by atoms with Crippen molar-refractivity contribution in [2.24, 2.45) is 0 Å². The summed E-state index contributed by atoms with van der Waals surface area (Å²) in [7, 11) is 0. The van der Waals surface area contributed by atoms with Crippen LogP contribution in [0.3, 0.4) is 0 Å². The Hall–Kier alpha value is -11.4. The SMILES string of the molecule is C=C(N1CCC(O)CC1)C(F)(F)c1cc(C(=O)Nc2cc(F)c(F)c(F)c2)ccc1F.C=C(N1CCC(O)CC1)C(F)(F)c1cc(C(=O)Nc2ccc(F)c(Br)c2)ccc1F.C=C(N1CCC(O)CC1)C(F)(F)c1cc(C(=O)Nc2ccc(F)c(Cl)c2)ccc1F.[C-]#[N+]c1cc(NC(=O)c2ccc(F)c(C(F)(F)C(=C)N3CCC(O)CC3)c2)ccc1F. The number of alkyl halides is 8. The Balaban J connectivity index is 0.000000185. The lowest BCUT2D eigenvalue weighted by atomic mass is 9.99. The molecule has 0 unspecified atom stereocenters. The van der Waals surface area contributed by atoms with Crippen LogP contribution in [0, 0.1) is 64.7 Å². The number of benzene rings is 8. The van der Waals surface area contributed by atoms with Crippen molar-refractivity contribution in [2.75, 3.05) is 73.6 Å². The van der Waals surface area contributed by atoms with Gasteiger partial charge >= 0.3 is 23.7 Å². The molecular weight excluding hydrogens is 1730 g/mol. The fraction of sp³-hybridized carbons (Fsp3) is 0.282. The Morgan fingerprint density at radius 2 is 0.598 bits per heavy atom. The second-order valence-electron chi connectivity index (χ2n) is 28.3. The first-order valence-electron chi connectivity index (χ1n) is 37.0. The Kier molecular flexibility index (Phi) is 31.1. The Morgan fingerprint density at radius 1 is 0.352 bits per heavy atom. The Bertz CT molecular complexity index is 5140. The van der Waals surface area contributed by atoms with Crippen molar-refractivity contribution < 1.29 is 119 Å². The second-order valence-corrected chi connectivity index (χ2v) is 29.6. The average Bonchev–Trinajstić information content (AvgIpc) is 0.792. The van der Waals surface area contributed by atoms with Crippen LogP contribution in [0.5, 0.6) is 0 Å². The molecule has 0 radical (unpaired) electrons. The monoisotopic (exact) mass is 1810 g/mol. The largest absolute Gasteiger partial charge is 0.393 e. The topological polar surface area (TPSA) is 215 Å². The molecule has 0 aromatic heterocycles. The summed E-state index contributed by atoms with van der Waals surface area (Å²) >= 11 is 8.65. The number of piperidine rings is 4. The number of rotatable bonds is 20. The lowest BCUT2D eigenvalue weighted by Gasteiger charge is -2.36. The molecule has 0 saturated carbocycles. The lowest BCUT2D eigenvalue weighted by Crippen LogP contribution is -2.40. The smallest absolute Gasteiger partial charge is 0.314 e. The van der Waals surface area contributed by atoms with E-state index in [1.165, 1.54) is 49.9 Å². The van der Waals surface area contributed by atoms with Crippen LogP contribution in [-0.2, 0) is 23.7 Å². The van der Waals surface area contributed by atoms with E-state index in [9.17, 15) is 92.3 Å². The highest BCUT2D eigenvalue weighted by Crippen LogP contribution is 2.45. The molecule has 37 heteroatoms. The zero-order valence-corrected chi connectivity index (χ0v) is 66.3. The summed E-state index contributed by atoms with van der Waals surface area (Å²) in [5, 5.41) is 47.2. The Morgan fingerprint density at radius 3 is 0.869 bits per heavy atom. The number of halogens is 20. The maximum atomic E-state index is 15.1. The first kappa shape index (κ1) is 94.5. The van der Waals surface area contributed by atoms with E-state index in [-0.39, 0.29) is 114 Å². The minimum absolute atomic E-state index is 0.0892.